The highest BCUT2D eigenvalue weighted by atomic mass is 32.2. The SMILES string of the molecule is COC(=O)c1cccc(-n2nnn(CCS(N)(=O)=O)c2=O)c1. The molecule has 0 spiro atoms. The van der Waals surface area contributed by atoms with Gasteiger partial charge in [-0.2, -0.15) is 9.36 Å². The van der Waals surface area contributed by atoms with Crippen molar-refractivity contribution in [3.8, 4) is 5.69 Å². The lowest BCUT2D eigenvalue weighted by molar-refractivity contribution is 0.0600. The summed E-state index contributed by atoms with van der Waals surface area (Å²) in [5.41, 5.74) is -0.105. The number of hydrogen-bond acceptors (Lipinski definition) is 7. The van der Waals surface area contributed by atoms with E-state index in [-0.39, 0.29) is 12.1 Å². The molecule has 0 fully saturated rings. The Balaban J connectivity index is 2.33. The molecule has 10 nitrogen and oxygen atoms in total. The van der Waals surface area contributed by atoms with E-state index in [1.807, 2.05) is 0 Å². The van der Waals surface area contributed by atoms with Gasteiger partial charge in [-0.1, -0.05) is 6.07 Å². The topological polar surface area (TPSA) is 139 Å². The molecule has 2 N–H and O–H groups in total. The number of sulfonamides is 1. The van der Waals surface area contributed by atoms with Crippen LogP contribution in [-0.4, -0.2) is 47.0 Å². The summed E-state index contributed by atoms with van der Waals surface area (Å²) in [6.07, 6.45) is 0. The van der Waals surface area contributed by atoms with E-state index in [0.29, 0.717) is 5.69 Å². The monoisotopic (exact) mass is 327 g/mol. The highest BCUT2D eigenvalue weighted by molar-refractivity contribution is 7.89. The quantitative estimate of drug-likeness (QED) is 0.659. The average molecular weight is 327 g/mol. The molecule has 0 atom stereocenters. The molecule has 0 bridgehead atoms. The van der Waals surface area contributed by atoms with Crippen molar-refractivity contribution in [3.05, 3.63) is 40.3 Å². The van der Waals surface area contributed by atoms with Crippen LogP contribution >= 0.6 is 0 Å². The van der Waals surface area contributed by atoms with Crippen LogP contribution < -0.4 is 10.8 Å². The number of ether oxygens (including phenoxy) is 1. The first-order valence-electron chi connectivity index (χ1n) is 6.04. The van der Waals surface area contributed by atoms with Gasteiger partial charge in [-0.3, -0.25) is 0 Å². The zero-order valence-corrected chi connectivity index (χ0v) is 12.4. The maximum Gasteiger partial charge on any atom is 0.368 e. The van der Waals surface area contributed by atoms with E-state index in [2.05, 4.69) is 15.2 Å². The third-order valence-corrected chi connectivity index (χ3v) is 3.49. The number of tetrazole rings is 1. The molecule has 1 aromatic heterocycles. The maximum atomic E-state index is 12.1. The first-order chi connectivity index (χ1) is 10.3. The van der Waals surface area contributed by atoms with Crippen LogP contribution in [0.2, 0.25) is 0 Å². The van der Waals surface area contributed by atoms with Gasteiger partial charge in [0.05, 0.1) is 30.7 Å². The van der Waals surface area contributed by atoms with Gasteiger partial charge in [0.15, 0.2) is 0 Å². The number of methoxy groups -OCH3 is 1. The average Bonchev–Trinajstić information content (AvgIpc) is 2.85. The number of esters is 1. The highest BCUT2D eigenvalue weighted by Crippen LogP contribution is 2.08. The molecule has 118 valence electrons. The summed E-state index contributed by atoms with van der Waals surface area (Å²) < 4.78 is 28.2. The molecule has 2 rings (SSSR count). The summed E-state index contributed by atoms with van der Waals surface area (Å²) in [5.74, 6) is -0.995. The number of benzene rings is 1. The zero-order chi connectivity index (χ0) is 16.3. The fraction of sp³-hybridized carbons (Fsp3) is 0.273. The molecular formula is C11H13N5O5S. The molecule has 1 aromatic carbocycles. The minimum atomic E-state index is -3.71. The second-order valence-corrected chi connectivity index (χ2v) is 6.04. The van der Waals surface area contributed by atoms with Gasteiger partial charge in [0.25, 0.3) is 0 Å². The van der Waals surface area contributed by atoms with Gasteiger partial charge in [-0.15, -0.1) is 0 Å². The second kappa shape index (κ2) is 6.07. The van der Waals surface area contributed by atoms with Crippen molar-refractivity contribution in [1.82, 2.24) is 19.8 Å². The molecule has 22 heavy (non-hydrogen) atoms. The fourth-order valence-corrected chi connectivity index (χ4v) is 2.10. The van der Waals surface area contributed by atoms with Crippen molar-refractivity contribution in [2.45, 2.75) is 6.54 Å². The first-order valence-corrected chi connectivity index (χ1v) is 7.75. The molecule has 0 radical (unpaired) electrons. The molecule has 0 aliphatic rings. The van der Waals surface area contributed by atoms with Crippen LogP contribution in [0.15, 0.2) is 29.1 Å². The first kappa shape index (κ1) is 15.9. The minimum Gasteiger partial charge on any atom is -0.465 e. The predicted octanol–water partition coefficient (Wildman–Crippen LogP) is -1.50. The van der Waals surface area contributed by atoms with Crippen LogP contribution in [0.1, 0.15) is 10.4 Å². The number of carbonyl (C=O) groups excluding carboxylic acids is 1. The van der Waals surface area contributed by atoms with Gasteiger partial charge in [-0.25, -0.2) is 23.1 Å². The summed E-state index contributed by atoms with van der Waals surface area (Å²) in [4.78, 5) is 23.6. The lowest BCUT2D eigenvalue weighted by atomic mass is 10.2. The molecule has 1 heterocycles. The van der Waals surface area contributed by atoms with Crippen LogP contribution in [0.5, 0.6) is 0 Å². The summed E-state index contributed by atoms with van der Waals surface area (Å²) in [5, 5.41) is 12.1. The molecule has 0 saturated carbocycles. The van der Waals surface area contributed by atoms with E-state index in [1.54, 1.807) is 12.1 Å². The van der Waals surface area contributed by atoms with Crippen molar-refractivity contribution in [1.29, 1.82) is 0 Å². The molecule has 0 unspecified atom stereocenters. The van der Waals surface area contributed by atoms with E-state index in [9.17, 15) is 18.0 Å². The van der Waals surface area contributed by atoms with Gasteiger partial charge in [-0.05, 0) is 28.6 Å². The summed E-state index contributed by atoms with van der Waals surface area (Å²) in [6.45, 7) is -0.214. The van der Waals surface area contributed by atoms with E-state index in [1.165, 1.54) is 19.2 Å². The largest absolute Gasteiger partial charge is 0.465 e. The van der Waals surface area contributed by atoms with Crippen LogP contribution in [0.3, 0.4) is 0 Å². The van der Waals surface area contributed by atoms with Crippen LogP contribution in [0.4, 0.5) is 0 Å². The summed E-state index contributed by atoms with van der Waals surface area (Å²) in [7, 11) is -2.47. The lowest BCUT2D eigenvalue weighted by Gasteiger charge is -2.02. The van der Waals surface area contributed by atoms with Gasteiger partial charge in [0, 0.05) is 0 Å². The smallest absolute Gasteiger partial charge is 0.368 e. The second-order valence-electron chi connectivity index (χ2n) is 4.31. The Morgan fingerprint density at radius 3 is 2.73 bits per heavy atom. The number of aryl methyl sites for hydroxylation is 1. The van der Waals surface area contributed by atoms with E-state index in [0.717, 1.165) is 9.36 Å². The van der Waals surface area contributed by atoms with Crippen molar-refractivity contribution < 1.29 is 17.9 Å². The molecule has 0 saturated heterocycles. The fourth-order valence-electron chi connectivity index (χ4n) is 1.67. The zero-order valence-electron chi connectivity index (χ0n) is 11.5. The van der Waals surface area contributed by atoms with E-state index < -0.39 is 27.4 Å². The number of nitrogens with zero attached hydrogens (tertiary/aromatic N) is 4. The van der Waals surface area contributed by atoms with Crippen LogP contribution in [0.25, 0.3) is 5.69 Å². The number of aromatic nitrogens is 4. The number of carbonyl (C=O) groups is 1. The van der Waals surface area contributed by atoms with Crippen molar-refractivity contribution in [2.75, 3.05) is 12.9 Å². The van der Waals surface area contributed by atoms with Gasteiger partial charge >= 0.3 is 11.7 Å². The van der Waals surface area contributed by atoms with Crippen molar-refractivity contribution in [2.24, 2.45) is 5.14 Å². The summed E-state index contributed by atoms with van der Waals surface area (Å²) >= 11 is 0. The Morgan fingerprint density at radius 1 is 1.36 bits per heavy atom. The highest BCUT2D eigenvalue weighted by Gasteiger charge is 2.13. The van der Waals surface area contributed by atoms with Crippen molar-refractivity contribution in [3.63, 3.8) is 0 Å². The Morgan fingerprint density at radius 2 is 2.09 bits per heavy atom. The predicted molar refractivity (Wildman–Crippen MR) is 74.9 cm³/mol. The molecular weight excluding hydrogens is 314 g/mol. The van der Waals surface area contributed by atoms with Gasteiger partial charge < -0.3 is 4.74 Å². The number of rotatable bonds is 5. The molecule has 0 aliphatic carbocycles. The van der Waals surface area contributed by atoms with Gasteiger partial charge in [0.1, 0.15) is 0 Å². The minimum absolute atomic E-state index is 0.214. The molecule has 11 heteroatoms. The lowest BCUT2D eigenvalue weighted by Crippen LogP contribution is -2.29. The third-order valence-electron chi connectivity index (χ3n) is 2.74. The molecule has 2 aromatic rings. The van der Waals surface area contributed by atoms with Crippen LogP contribution in [0, 0.1) is 0 Å². The number of primary sulfonamides is 1. The van der Waals surface area contributed by atoms with Crippen LogP contribution in [-0.2, 0) is 21.3 Å². The van der Waals surface area contributed by atoms with E-state index >= 15 is 0 Å². The Kier molecular flexibility index (Phi) is 4.37. The van der Waals surface area contributed by atoms with Crippen molar-refractivity contribution >= 4 is 16.0 Å². The Bertz CT molecular complexity index is 854. The van der Waals surface area contributed by atoms with Gasteiger partial charge in [0.2, 0.25) is 10.0 Å². The molecule has 0 aliphatic heterocycles. The molecule has 0 amide bonds. The van der Waals surface area contributed by atoms with E-state index in [4.69, 9.17) is 5.14 Å². The Labute approximate surface area is 125 Å². The third kappa shape index (κ3) is 3.56. The Hall–Kier alpha value is -2.53. The standard InChI is InChI=1S/C11H13N5O5S/c1-21-10(17)8-3-2-4-9(7-8)16-11(18)15(13-14-16)5-6-22(12,19)20/h2-4,7H,5-6H2,1H3,(H2,12,19,20). The normalized spacial score (nSPS) is 11.4. The summed E-state index contributed by atoms with van der Waals surface area (Å²) in [6, 6.07) is 6.03. The number of nitrogens with two attached hydrogens (primary N) is 1. The maximum absolute atomic E-state index is 12.1. The number of hydrogen-bond donors (Lipinski definition) is 1.